The Balaban J connectivity index is 2.50. The van der Waals surface area contributed by atoms with Crippen molar-refractivity contribution in [3.63, 3.8) is 0 Å². The largest absolute Gasteiger partial charge is 0.493 e. The third-order valence-corrected chi connectivity index (χ3v) is 3.14. The molecule has 0 radical (unpaired) electrons. The molecule has 0 unspecified atom stereocenters. The fourth-order valence-electron chi connectivity index (χ4n) is 1.65. The van der Waals surface area contributed by atoms with Gasteiger partial charge in [0, 0.05) is 22.1 Å². The van der Waals surface area contributed by atoms with Crippen LogP contribution >= 0.6 is 27.5 Å². The molecule has 1 aromatic heterocycles. The normalized spacial score (nSPS) is 10.4. The van der Waals surface area contributed by atoms with Gasteiger partial charge >= 0.3 is 0 Å². The maximum absolute atomic E-state index is 12.4. The summed E-state index contributed by atoms with van der Waals surface area (Å²) in [6.45, 7) is 0. The predicted molar refractivity (Wildman–Crippen MR) is 72.3 cm³/mol. The molecule has 0 N–H and O–H groups in total. The standard InChI is InChI=1S/C12H10BrClN2O2/c1-16-11(10(18-2)6-15-16)12(17)7-3-8(13)5-9(14)4-7/h3-6H,1-2H3. The van der Waals surface area contributed by atoms with E-state index < -0.39 is 0 Å². The number of ether oxygens (including phenoxy) is 1. The maximum Gasteiger partial charge on any atom is 0.214 e. The zero-order chi connectivity index (χ0) is 13.3. The van der Waals surface area contributed by atoms with Crippen LogP contribution in [0.2, 0.25) is 5.02 Å². The Hall–Kier alpha value is -1.33. The first-order chi connectivity index (χ1) is 8.52. The highest BCUT2D eigenvalue weighted by Gasteiger charge is 2.20. The molecule has 0 aliphatic heterocycles. The second kappa shape index (κ2) is 5.12. The number of methoxy groups -OCH3 is 1. The maximum atomic E-state index is 12.4. The molecule has 0 aliphatic rings. The van der Waals surface area contributed by atoms with Crippen molar-refractivity contribution >= 4 is 33.3 Å². The highest BCUT2D eigenvalue weighted by Crippen LogP contribution is 2.25. The summed E-state index contributed by atoms with van der Waals surface area (Å²) in [5.41, 5.74) is 0.878. The second-order valence-corrected chi connectivity index (χ2v) is 5.02. The van der Waals surface area contributed by atoms with Crippen LogP contribution in [0.4, 0.5) is 0 Å². The van der Waals surface area contributed by atoms with E-state index in [4.69, 9.17) is 16.3 Å². The van der Waals surface area contributed by atoms with Crippen LogP contribution in [0.15, 0.2) is 28.9 Å². The average Bonchev–Trinajstić information content (AvgIpc) is 2.68. The Bertz CT molecular complexity index is 590. The third-order valence-electron chi connectivity index (χ3n) is 2.46. The summed E-state index contributed by atoms with van der Waals surface area (Å²) in [5.74, 6) is 0.258. The summed E-state index contributed by atoms with van der Waals surface area (Å²) >= 11 is 9.24. The molecule has 0 spiro atoms. The molecule has 2 rings (SSSR count). The van der Waals surface area contributed by atoms with E-state index in [2.05, 4.69) is 21.0 Å². The topological polar surface area (TPSA) is 44.1 Å². The van der Waals surface area contributed by atoms with Crippen LogP contribution in [0.25, 0.3) is 0 Å². The lowest BCUT2D eigenvalue weighted by atomic mass is 10.1. The Labute approximate surface area is 118 Å². The van der Waals surface area contributed by atoms with Crippen molar-refractivity contribution in [3.8, 4) is 5.75 Å². The van der Waals surface area contributed by atoms with Crippen molar-refractivity contribution in [2.45, 2.75) is 0 Å². The first kappa shape index (κ1) is 13.1. The van der Waals surface area contributed by atoms with Crippen LogP contribution in [-0.4, -0.2) is 22.7 Å². The Morgan fingerprint density at radius 2 is 2.17 bits per heavy atom. The second-order valence-electron chi connectivity index (χ2n) is 3.67. The lowest BCUT2D eigenvalue weighted by Gasteiger charge is -2.05. The molecule has 0 fully saturated rings. The molecule has 18 heavy (non-hydrogen) atoms. The number of ketones is 1. The molecule has 94 valence electrons. The number of nitrogens with zero attached hydrogens (tertiary/aromatic N) is 2. The van der Waals surface area contributed by atoms with Gasteiger partial charge in [-0.3, -0.25) is 9.48 Å². The summed E-state index contributed by atoms with van der Waals surface area (Å²) in [6.07, 6.45) is 1.51. The Morgan fingerprint density at radius 3 is 2.78 bits per heavy atom. The number of rotatable bonds is 3. The predicted octanol–water partition coefficient (Wildman–Crippen LogP) is 3.08. The summed E-state index contributed by atoms with van der Waals surface area (Å²) < 4.78 is 7.35. The highest BCUT2D eigenvalue weighted by molar-refractivity contribution is 9.10. The summed E-state index contributed by atoms with van der Waals surface area (Å²) in [4.78, 5) is 12.4. The lowest BCUT2D eigenvalue weighted by Crippen LogP contribution is -2.09. The number of carbonyl (C=O) groups is 1. The lowest BCUT2D eigenvalue weighted by molar-refractivity contribution is 0.102. The van der Waals surface area contributed by atoms with E-state index >= 15 is 0 Å². The number of benzene rings is 1. The molecule has 0 saturated heterocycles. The quantitative estimate of drug-likeness (QED) is 0.813. The van der Waals surface area contributed by atoms with E-state index in [1.54, 1.807) is 25.2 Å². The van der Waals surface area contributed by atoms with Gasteiger partial charge in [0.25, 0.3) is 0 Å². The number of carbonyl (C=O) groups excluding carboxylic acids is 1. The van der Waals surface area contributed by atoms with Gasteiger partial charge in [0.2, 0.25) is 5.78 Å². The molecule has 0 atom stereocenters. The van der Waals surface area contributed by atoms with Gasteiger partial charge in [-0.05, 0) is 18.2 Å². The molecule has 1 aromatic carbocycles. The molecule has 1 heterocycles. The minimum Gasteiger partial charge on any atom is -0.493 e. The van der Waals surface area contributed by atoms with E-state index in [1.165, 1.54) is 18.0 Å². The molecule has 0 amide bonds. The zero-order valence-electron chi connectivity index (χ0n) is 9.78. The van der Waals surface area contributed by atoms with Gasteiger partial charge in [-0.1, -0.05) is 27.5 Å². The van der Waals surface area contributed by atoms with Gasteiger partial charge in [0.15, 0.2) is 11.4 Å². The van der Waals surface area contributed by atoms with E-state index in [1.807, 2.05) is 0 Å². The van der Waals surface area contributed by atoms with Gasteiger partial charge in [-0.15, -0.1) is 0 Å². The van der Waals surface area contributed by atoms with Gasteiger partial charge in [0.1, 0.15) is 0 Å². The average molecular weight is 330 g/mol. The molecule has 0 aliphatic carbocycles. The molecule has 4 nitrogen and oxygen atoms in total. The first-order valence-electron chi connectivity index (χ1n) is 5.09. The van der Waals surface area contributed by atoms with Crippen molar-refractivity contribution in [2.75, 3.05) is 7.11 Å². The highest BCUT2D eigenvalue weighted by atomic mass is 79.9. The monoisotopic (exact) mass is 328 g/mol. The molecule has 6 heteroatoms. The van der Waals surface area contributed by atoms with Crippen LogP contribution in [0.5, 0.6) is 5.75 Å². The van der Waals surface area contributed by atoms with E-state index in [9.17, 15) is 4.79 Å². The zero-order valence-corrected chi connectivity index (χ0v) is 12.1. The van der Waals surface area contributed by atoms with Crippen LogP contribution in [0.3, 0.4) is 0 Å². The van der Waals surface area contributed by atoms with Crippen molar-refractivity contribution < 1.29 is 9.53 Å². The van der Waals surface area contributed by atoms with E-state index in [0.717, 1.165) is 4.47 Å². The summed E-state index contributed by atoms with van der Waals surface area (Å²) in [6, 6.07) is 5.04. The minimum absolute atomic E-state index is 0.185. The van der Waals surface area contributed by atoms with Crippen LogP contribution < -0.4 is 4.74 Å². The van der Waals surface area contributed by atoms with E-state index in [0.29, 0.717) is 22.0 Å². The van der Waals surface area contributed by atoms with Crippen molar-refractivity contribution in [1.82, 2.24) is 9.78 Å². The Kier molecular flexibility index (Phi) is 3.73. The van der Waals surface area contributed by atoms with Crippen molar-refractivity contribution in [1.29, 1.82) is 0 Å². The fourth-order valence-corrected chi connectivity index (χ4v) is 2.51. The SMILES string of the molecule is COc1cnn(C)c1C(=O)c1cc(Cl)cc(Br)c1. The summed E-state index contributed by atoms with van der Waals surface area (Å²) in [5, 5.41) is 4.50. The number of hydrogen-bond acceptors (Lipinski definition) is 3. The fraction of sp³-hybridized carbons (Fsp3) is 0.167. The Morgan fingerprint density at radius 1 is 1.44 bits per heavy atom. The van der Waals surface area contributed by atoms with Gasteiger partial charge < -0.3 is 4.74 Å². The molecule has 0 bridgehead atoms. The van der Waals surface area contributed by atoms with Gasteiger partial charge in [-0.2, -0.15) is 5.10 Å². The van der Waals surface area contributed by atoms with Crippen LogP contribution in [0.1, 0.15) is 16.1 Å². The number of aryl methyl sites for hydroxylation is 1. The van der Waals surface area contributed by atoms with Crippen LogP contribution in [-0.2, 0) is 7.05 Å². The van der Waals surface area contributed by atoms with E-state index in [-0.39, 0.29) is 5.78 Å². The van der Waals surface area contributed by atoms with Crippen molar-refractivity contribution in [2.24, 2.45) is 7.05 Å². The number of aromatic nitrogens is 2. The molecular weight excluding hydrogens is 320 g/mol. The van der Waals surface area contributed by atoms with Gasteiger partial charge in [-0.25, -0.2) is 0 Å². The number of hydrogen-bond donors (Lipinski definition) is 0. The first-order valence-corrected chi connectivity index (χ1v) is 6.27. The minimum atomic E-state index is -0.185. The number of halogens is 2. The molecule has 0 saturated carbocycles. The van der Waals surface area contributed by atoms with Crippen molar-refractivity contribution in [3.05, 3.63) is 45.1 Å². The molecular formula is C12H10BrClN2O2. The van der Waals surface area contributed by atoms with Crippen LogP contribution in [0, 0.1) is 0 Å². The third kappa shape index (κ3) is 2.42. The van der Waals surface area contributed by atoms with Gasteiger partial charge in [0.05, 0.1) is 13.3 Å². The summed E-state index contributed by atoms with van der Waals surface area (Å²) in [7, 11) is 3.19. The smallest absolute Gasteiger partial charge is 0.214 e. The molecule has 2 aromatic rings.